The largest absolute Gasteiger partial charge is 0.465 e. The zero-order valence-electron chi connectivity index (χ0n) is 14.1. The number of ether oxygens (including phenoxy) is 1. The van der Waals surface area contributed by atoms with Crippen LogP contribution in [0.25, 0.3) is 10.2 Å². The zero-order valence-corrected chi connectivity index (χ0v) is 15.8. The summed E-state index contributed by atoms with van der Waals surface area (Å²) in [5.41, 5.74) is 1.28. The molecule has 0 aliphatic carbocycles. The maximum Gasteiger partial charge on any atom is 0.337 e. The average molecular weight is 390 g/mol. The van der Waals surface area contributed by atoms with E-state index in [0.29, 0.717) is 24.9 Å². The predicted molar refractivity (Wildman–Crippen MR) is 101 cm³/mol. The molecule has 1 heterocycles. The molecule has 8 heteroatoms. The van der Waals surface area contributed by atoms with E-state index >= 15 is 0 Å². The van der Waals surface area contributed by atoms with E-state index in [2.05, 4.69) is 14.4 Å². The van der Waals surface area contributed by atoms with E-state index in [0.717, 1.165) is 15.2 Å². The van der Waals surface area contributed by atoms with E-state index in [-0.39, 0.29) is 4.90 Å². The third kappa shape index (κ3) is 4.27. The summed E-state index contributed by atoms with van der Waals surface area (Å²) in [5.74, 6) is -0.502. The van der Waals surface area contributed by atoms with Gasteiger partial charge >= 0.3 is 5.97 Å². The number of rotatable bonds is 7. The summed E-state index contributed by atoms with van der Waals surface area (Å²) < 4.78 is 32.9. The van der Waals surface area contributed by atoms with Crippen LogP contribution in [0, 0.1) is 0 Å². The van der Waals surface area contributed by atoms with Crippen molar-refractivity contribution in [2.75, 3.05) is 13.7 Å². The maximum absolute atomic E-state index is 12.3. The fourth-order valence-corrected chi connectivity index (χ4v) is 4.53. The van der Waals surface area contributed by atoms with Gasteiger partial charge in [-0.3, -0.25) is 0 Å². The first kappa shape index (κ1) is 18.5. The molecule has 0 amide bonds. The van der Waals surface area contributed by atoms with Crippen molar-refractivity contribution in [1.82, 2.24) is 9.71 Å². The number of benzene rings is 2. The normalized spacial score (nSPS) is 11.6. The van der Waals surface area contributed by atoms with E-state index in [1.165, 1.54) is 31.4 Å². The molecule has 0 radical (unpaired) electrons. The second-order valence-electron chi connectivity index (χ2n) is 5.59. The molecule has 0 aliphatic heterocycles. The summed E-state index contributed by atoms with van der Waals surface area (Å²) in [6.07, 6.45) is 1.36. The lowest BCUT2D eigenvalue weighted by Gasteiger charge is -2.07. The van der Waals surface area contributed by atoms with Gasteiger partial charge in [0.15, 0.2) is 0 Å². The highest BCUT2D eigenvalue weighted by molar-refractivity contribution is 7.89. The first-order chi connectivity index (χ1) is 12.5. The summed E-state index contributed by atoms with van der Waals surface area (Å²) in [6.45, 7) is 0.316. The van der Waals surface area contributed by atoms with Gasteiger partial charge in [0.05, 0.1) is 32.8 Å². The zero-order chi connectivity index (χ0) is 18.6. The van der Waals surface area contributed by atoms with Gasteiger partial charge in [0.2, 0.25) is 10.0 Å². The molecule has 136 valence electrons. The number of esters is 1. The number of methoxy groups -OCH3 is 1. The smallest absolute Gasteiger partial charge is 0.337 e. The molecule has 0 unspecified atom stereocenters. The van der Waals surface area contributed by atoms with Crippen LogP contribution in [0.15, 0.2) is 53.4 Å². The first-order valence-electron chi connectivity index (χ1n) is 8.02. The fraction of sp³-hybridized carbons (Fsp3) is 0.222. The highest BCUT2D eigenvalue weighted by Crippen LogP contribution is 2.22. The number of carbonyl (C=O) groups is 1. The topological polar surface area (TPSA) is 85.4 Å². The summed E-state index contributed by atoms with van der Waals surface area (Å²) in [6, 6.07) is 13.6. The Morgan fingerprint density at radius 2 is 1.88 bits per heavy atom. The molecular formula is C18H18N2O4S2. The lowest BCUT2D eigenvalue weighted by atomic mass is 10.2. The summed E-state index contributed by atoms with van der Waals surface area (Å²) >= 11 is 1.63. The summed E-state index contributed by atoms with van der Waals surface area (Å²) in [4.78, 5) is 16.0. The molecule has 0 saturated heterocycles. The second-order valence-corrected chi connectivity index (χ2v) is 8.47. The number of thiazole rings is 1. The molecule has 1 N–H and O–H groups in total. The van der Waals surface area contributed by atoms with Crippen LogP contribution >= 0.6 is 11.3 Å². The van der Waals surface area contributed by atoms with Crippen molar-refractivity contribution >= 4 is 37.5 Å². The maximum atomic E-state index is 12.3. The number of sulfonamides is 1. The molecule has 0 fully saturated rings. The van der Waals surface area contributed by atoms with Gasteiger partial charge in [-0.1, -0.05) is 12.1 Å². The minimum atomic E-state index is -3.61. The van der Waals surface area contributed by atoms with E-state index in [1.807, 2.05) is 24.3 Å². The van der Waals surface area contributed by atoms with Crippen molar-refractivity contribution in [2.24, 2.45) is 0 Å². The number of carbonyl (C=O) groups excluding carboxylic acids is 1. The quantitative estimate of drug-likeness (QED) is 0.495. The number of nitrogens with zero attached hydrogens (tertiary/aromatic N) is 1. The summed E-state index contributed by atoms with van der Waals surface area (Å²) in [5, 5.41) is 0.993. The Kier molecular flexibility index (Phi) is 5.65. The Morgan fingerprint density at radius 1 is 1.15 bits per heavy atom. The van der Waals surface area contributed by atoms with E-state index in [4.69, 9.17) is 0 Å². The van der Waals surface area contributed by atoms with Crippen LogP contribution < -0.4 is 4.72 Å². The minimum Gasteiger partial charge on any atom is -0.465 e. The Bertz CT molecular complexity index is 978. The monoisotopic (exact) mass is 390 g/mol. The van der Waals surface area contributed by atoms with Gasteiger partial charge in [-0.2, -0.15) is 0 Å². The number of fused-ring (bicyclic) bond motifs is 1. The number of hydrogen-bond acceptors (Lipinski definition) is 6. The van der Waals surface area contributed by atoms with Crippen LogP contribution in [0.2, 0.25) is 0 Å². The Labute approximate surface area is 155 Å². The third-order valence-electron chi connectivity index (χ3n) is 3.78. The molecule has 0 bridgehead atoms. The number of aryl methyl sites for hydroxylation is 1. The molecule has 6 nitrogen and oxygen atoms in total. The van der Waals surface area contributed by atoms with Crippen molar-refractivity contribution in [3.05, 3.63) is 59.1 Å². The van der Waals surface area contributed by atoms with Crippen LogP contribution in [0.4, 0.5) is 0 Å². The van der Waals surface area contributed by atoms with Gasteiger partial charge in [-0.05, 0) is 42.8 Å². The molecule has 0 saturated carbocycles. The van der Waals surface area contributed by atoms with Crippen LogP contribution in [0.1, 0.15) is 21.8 Å². The fourth-order valence-electron chi connectivity index (χ4n) is 2.44. The summed E-state index contributed by atoms with van der Waals surface area (Å²) in [7, 11) is -2.33. The van der Waals surface area contributed by atoms with Crippen molar-refractivity contribution < 1.29 is 17.9 Å². The number of para-hydroxylation sites is 1. The standard InChI is InChI=1S/C18H18N2O4S2/c1-24-18(21)13-8-10-14(11-9-13)26(22,23)19-12-4-7-17-20-15-5-2-3-6-16(15)25-17/h2-3,5-6,8-11,19H,4,7,12H2,1H3. The molecule has 26 heavy (non-hydrogen) atoms. The van der Waals surface area contributed by atoms with Gasteiger partial charge in [0.25, 0.3) is 0 Å². The minimum absolute atomic E-state index is 0.116. The Balaban J connectivity index is 1.55. The second kappa shape index (κ2) is 7.94. The van der Waals surface area contributed by atoms with Crippen LogP contribution in [0.3, 0.4) is 0 Å². The number of hydrogen-bond donors (Lipinski definition) is 1. The molecule has 0 spiro atoms. The lowest BCUT2D eigenvalue weighted by molar-refractivity contribution is 0.0600. The van der Waals surface area contributed by atoms with Gasteiger partial charge < -0.3 is 4.74 Å². The number of nitrogens with one attached hydrogen (secondary N) is 1. The molecule has 2 aromatic carbocycles. The molecule has 3 aromatic rings. The molecule has 1 aromatic heterocycles. The number of aromatic nitrogens is 1. The van der Waals surface area contributed by atoms with Crippen molar-refractivity contribution in [2.45, 2.75) is 17.7 Å². The van der Waals surface area contributed by atoms with Crippen molar-refractivity contribution in [3.8, 4) is 0 Å². The molecule has 0 atom stereocenters. The van der Waals surface area contributed by atoms with Crippen LogP contribution in [0.5, 0.6) is 0 Å². The molecule has 0 aliphatic rings. The first-order valence-corrected chi connectivity index (χ1v) is 10.3. The Morgan fingerprint density at radius 3 is 2.58 bits per heavy atom. The predicted octanol–water partition coefficient (Wildman–Crippen LogP) is 2.99. The molecular weight excluding hydrogens is 372 g/mol. The van der Waals surface area contributed by atoms with Crippen molar-refractivity contribution in [1.29, 1.82) is 0 Å². The van der Waals surface area contributed by atoms with E-state index in [1.54, 1.807) is 11.3 Å². The van der Waals surface area contributed by atoms with Crippen molar-refractivity contribution in [3.63, 3.8) is 0 Å². The van der Waals surface area contributed by atoms with Gasteiger partial charge in [0, 0.05) is 13.0 Å². The Hall–Kier alpha value is -2.29. The van der Waals surface area contributed by atoms with Gasteiger partial charge in [-0.15, -0.1) is 11.3 Å². The molecule has 3 rings (SSSR count). The van der Waals surface area contributed by atoms with E-state index in [9.17, 15) is 13.2 Å². The van der Waals surface area contributed by atoms with Gasteiger partial charge in [0.1, 0.15) is 0 Å². The average Bonchev–Trinajstić information content (AvgIpc) is 3.07. The highest BCUT2D eigenvalue weighted by atomic mass is 32.2. The van der Waals surface area contributed by atoms with E-state index < -0.39 is 16.0 Å². The SMILES string of the molecule is COC(=O)c1ccc(S(=O)(=O)NCCCc2nc3ccccc3s2)cc1. The van der Waals surface area contributed by atoms with Crippen LogP contribution in [-0.2, 0) is 21.2 Å². The van der Waals surface area contributed by atoms with Gasteiger partial charge in [-0.25, -0.2) is 22.9 Å². The highest BCUT2D eigenvalue weighted by Gasteiger charge is 2.14. The van der Waals surface area contributed by atoms with Crippen LogP contribution in [-0.4, -0.2) is 33.0 Å². The third-order valence-corrected chi connectivity index (χ3v) is 6.36. The lowest BCUT2D eigenvalue weighted by Crippen LogP contribution is -2.25.